The van der Waals surface area contributed by atoms with E-state index in [1.165, 1.54) is 16.4 Å². The van der Waals surface area contributed by atoms with Gasteiger partial charge in [0.2, 0.25) is 15.9 Å². The van der Waals surface area contributed by atoms with E-state index < -0.39 is 15.8 Å². The van der Waals surface area contributed by atoms with Gasteiger partial charge in [0.15, 0.2) is 0 Å². The predicted molar refractivity (Wildman–Crippen MR) is 136 cm³/mol. The van der Waals surface area contributed by atoms with Crippen molar-refractivity contribution in [2.24, 2.45) is 0 Å². The van der Waals surface area contributed by atoms with Gasteiger partial charge in [-0.15, -0.1) is 11.3 Å². The fourth-order valence-electron chi connectivity index (χ4n) is 3.57. The van der Waals surface area contributed by atoms with Gasteiger partial charge in [0.25, 0.3) is 0 Å². The fourth-order valence-corrected chi connectivity index (χ4v) is 5.91. The van der Waals surface area contributed by atoms with Crippen LogP contribution in [0.15, 0.2) is 71.6 Å². The Morgan fingerprint density at radius 1 is 1.00 bits per heavy atom. The molecule has 1 heterocycles. The molecule has 0 bridgehead atoms. The molecule has 0 aliphatic rings. The first-order chi connectivity index (χ1) is 16.8. The molecule has 0 saturated carbocycles. The van der Waals surface area contributed by atoms with Crippen LogP contribution in [0.2, 0.25) is 0 Å². The van der Waals surface area contributed by atoms with E-state index in [1.807, 2.05) is 56.3 Å². The van der Waals surface area contributed by atoms with E-state index in [0.717, 1.165) is 27.5 Å². The Kier molecular flexibility index (Phi) is 9.97. The fraction of sp³-hybridized carbons (Fsp3) is 0.346. The standard InChI is InChI=1S/C26H31FN2O4S2/c1-3-33-17-7-16-29(35(31,32)25-14-11-23(27)12-15-25)20-26(30)28(18-22-8-5-4-6-9-22)19-24-13-10-21(2)34-24/h4-6,8-15H,3,7,16-20H2,1-2H3. The molecule has 2 aromatic carbocycles. The van der Waals surface area contributed by atoms with Gasteiger partial charge < -0.3 is 9.64 Å². The van der Waals surface area contributed by atoms with Crippen LogP contribution in [0.4, 0.5) is 4.39 Å². The predicted octanol–water partition coefficient (Wildman–Crippen LogP) is 4.84. The molecule has 0 N–H and O–H groups in total. The molecule has 6 nitrogen and oxygen atoms in total. The van der Waals surface area contributed by atoms with Crippen molar-refractivity contribution < 1.29 is 22.3 Å². The summed E-state index contributed by atoms with van der Waals surface area (Å²) in [5.41, 5.74) is 0.957. The number of sulfonamides is 1. The molecule has 35 heavy (non-hydrogen) atoms. The minimum absolute atomic E-state index is 0.0494. The van der Waals surface area contributed by atoms with Crippen LogP contribution in [-0.4, -0.2) is 49.8 Å². The normalized spacial score (nSPS) is 11.7. The average molecular weight is 519 g/mol. The second kappa shape index (κ2) is 12.9. The molecule has 1 aromatic heterocycles. The second-order valence-electron chi connectivity index (χ2n) is 8.09. The number of rotatable bonds is 13. The maximum Gasteiger partial charge on any atom is 0.243 e. The molecular weight excluding hydrogens is 487 g/mol. The lowest BCUT2D eigenvalue weighted by molar-refractivity contribution is -0.132. The molecule has 0 spiro atoms. The van der Waals surface area contributed by atoms with E-state index >= 15 is 0 Å². The number of hydrogen-bond donors (Lipinski definition) is 0. The van der Waals surface area contributed by atoms with Gasteiger partial charge in [-0.3, -0.25) is 4.79 Å². The van der Waals surface area contributed by atoms with E-state index in [2.05, 4.69) is 0 Å². The molecule has 1 amide bonds. The highest BCUT2D eigenvalue weighted by molar-refractivity contribution is 7.89. The summed E-state index contributed by atoms with van der Waals surface area (Å²) in [6.07, 6.45) is 0.435. The van der Waals surface area contributed by atoms with Gasteiger partial charge in [-0.1, -0.05) is 30.3 Å². The number of hydrogen-bond acceptors (Lipinski definition) is 5. The Morgan fingerprint density at radius 2 is 1.71 bits per heavy atom. The number of amides is 1. The van der Waals surface area contributed by atoms with Crippen molar-refractivity contribution in [2.45, 2.75) is 38.3 Å². The van der Waals surface area contributed by atoms with E-state index in [1.54, 1.807) is 16.2 Å². The average Bonchev–Trinajstić information content (AvgIpc) is 3.26. The number of carbonyl (C=O) groups excluding carboxylic acids is 1. The first-order valence-corrected chi connectivity index (χ1v) is 13.8. The molecule has 0 radical (unpaired) electrons. The van der Waals surface area contributed by atoms with Crippen molar-refractivity contribution in [1.29, 1.82) is 0 Å². The van der Waals surface area contributed by atoms with Crippen LogP contribution in [0, 0.1) is 12.7 Å². The lowest BCUT2D eigenvalue weighted by atomic mass is 10.2. The molecule has 0 saturated heterocycles. The van der Waals surface area contributed by atoms with Gasteiger partial charge in [-0.25, -0.2) is 12.8 Å². The van der Waals surface area contributed by atoms with Crippen LogP contribution >= 0.6 is 11.3 Å². The quantitative estimate of drug-likeness (QED) is 0.304. The number of benzene rings is 2. The first kappa shape index (κ1) is 27.0. The Bertz CT molecular complexity index is 1180. The monoisotopic (exact) mass is 518 g/mol. The zero-order valence-corrected chi connectivity index (χ0v) is 21.7. The molecule has 0 aliphatic heterocycles. The highest BCUT2D eigenvalue weighted by Gasteiger charge is 2.28. The smallest absolute Gasteiger partial charge is 0.243 e. The van der Waals surface area contributed by atoms with Crippen molar-refractivity contribution in [2.75, 3.05) is 26.3 Å². The summed E-state index contributed by atoms with van der Waals surface area (Å²) in [5, 5.41) is 0. The van der Waals surface area contributed by atoms with Gasteiger partial charge in [-0.05, 0) is 62.2 Å². The largest absolute Gasteiger partial charge is 0.382 e. The van der Waals surface area contributed by atoms with Gasteiger partial charge in [0.05, 0.1) is 18.0 Å². The number of carbonyl (C=O) groups is 1. The van der Waals surface area contributed by atoms with E-state index in [0.29, 0.717) is 32.7 Å². The summed E-state index contributed by atoms with van der Waals surface area (Å²) in [7, 11) is -4.01. The minimum atomic E-state index is -4.01. The van der Waals surface area contributed by atoms with Crippen molar-refractivity contribution in [3.05, 3.63) is 87.9 Å². The molecule has 0 atom stereocenters. The third kappa shape index (κ3) is 7.96. The maximum absolute atomic E-state index is 13.5. The molecule has 3 aromatic rings. The van der Waals surface area contributed by atoms with Crippen LogP contribution in [0.1, 0.15) is 28.7 Å². The summed E-state index contributed by atoms with van der Waals surface area (Å²) >= 11 is 1.61. The number of aryl methyl sites for hydroxylation is 1. The molecule has 188 valence electrons. The maximum atomic E-state index is 13.5. The Morgan fingerprint density at radius 3 is 2.34 bits per heavy atom. The SMILES string of the molecule is CCOCCCN(CC(=O)N(Cc1ccccc1)Cc1ccc(C)s1)S(=O)(=O)c1ccc(F)cc1. The molecular formula is C26H31FN2O4S2. The molecule has 0 unspecified atom stereocenters. The van der Waals surface area contributed by atoms with E-state index in [4.69, 9.17) is 4.74 Å². The van der Waals surface area contributed by atoms with E-state index in [-0.39, 0.29) is 23.9 Å². The lowest BCUT2D eigenvalue weighted by Crippen LogP contribution is -2.43. The van der Waals surface area contributed by atoms with Crippen LogP contribution < -0.4 is 0 Å². The third-order valence-corrected chi connectivity index (χ3v) is 8.22. The zero-order chi connectivity index (χ0) is 25.3. The number of ether oxygens (including phenoxy) is 1. The number of thiophene rings is 1. The second-order valence-corrected chi connectivity index (χ2v) is 11.4. The molecule has 0 fully saturated rings. The highest BCUT2D eigenvalue weighted by atomic mass is 32.2. The van der Waals surface area contributed by atoms with Crippen LogP contribution in [0.3, 0.4) is 0 Å². The van der Waals surface area contributed by atoms with Crippen LogP contribution in [-0.2, 0) is 32.6 Å². The molecule has 0 aliphatic carbocycles. The number of halogens is 1. The Labute approximate surface area is 211 Å². The Hall–Kier alpha value is -2.59. The van der Waals surface area contributed by atoms with Crippen LogP contribution in [0.25, 0.3) is 0 Å². The molecule has 9 heteroatoms. The zero-order valence-electron chi connectivity index (χ0n) is 20.0. The van der Waals surface area contributed by atoms with Gasteiger partial charge in [0, 0.05) is 36.1 Å². The van der Waals surface area contributed by atoms with Gasteiger partial charge in [-0.2, -0.15) is 4.31 Å². The van der Waals surface area contributed by atoms with Crippen molar-refractivity contribution in [3.63, 3.8) is 0 Å². The summed E-state index contributed by atoms with van der Waals surface area (Å²) < 4.78 is 46.7. The van der Waals surface area contributed by atoms with Crippen molar-refractivity contribution >= 4 is 27.3 Å². The summed E-state index contributed by atoms with van der Waals surface area (Å²) in [6.45, 7) is 5.32. The van der Waals surface area contributed by atoms with Crippen LogP contribution in [0.5, 0.6) is 0 Å². The van der Waals surface area contributed by atoms with Gasteiger partial charge in [0.1, 0.15) is 5.82 Å². The topological polar surface area (TPSA) is 66.9 Å². The highest BCUT2D eigenvalue weighted by Crippen LogP contribution is 2.21. The van der Waals surface area contributed by atoms with Crippen molar-refractivity contribution in [1.82, 2.24) is 9.21 Å². The van der Waals surface area contributed by atoms with E-state index in [9.17, 15) is 17.6 Å². The minimum Gasteiger partial charge on any atom is -0.382 e. The summed E-state index contributed by atoms with van der Waals surface area (Å²) in [5.74, 6) is -0.829. The molecule has 3 rings (SSSR count). The summed E-state index contributed by atoms with van der Waals surface area (Å²) in [6, 6.07) is 18.3. The first-order valence-electron chi connectivity index (χ1n) is 11.5. The number of nitrogens with zero attached hydrogens (tertiary/aromatic N) is 2. The summed E-state index contributed by atoms with van der Waals surface area (Å²) in [4.78, 5) is 17.3. The van der Waals surface area contributed by atoms with Gasteiger partial charge >= 0.3 is 0 Å². The third-order valence-electron chi connectivity index (χ3n) is 5.38. The van der Waals surface area contributed by atoms with Crippen molar-refractivity contribution in [3.8, 4) is 0 Å². The lowest BCUT2D eigenvalue weighted by Gasteiger charge is -2.27. The Balaban J connectivity index is 1.84.